The summed E-state index contributed by atoms with van der Waals surface area (Å²) in [6, 6.07) is 1.41. The standard InChI is InChI=1S/C13H21NO3/c15-13(16)11-8-10-3-4-12(11)14(10)9-2-1-6-17-7-5-9/h9-12H,1-8H2,(H,15,16). The van der Waals surface area contributed by atoms with Gasteiger partial charge in [-0.25, -0.2) is 0 Å². The molecular weight excluding hydrogens is 218 g/mol. The predicted molar refractivity (Wildman–Crippen MR) is 62.8 cm³/mol. The van der Waals surface area contributed by atoms with Crippen molar-refractivity contribution in [1.29, 1.82) is 0 Å². The maximum atomic E-state index is 11.2. The molecule has 3 saturated heterocycles. The molecule has 4 heteroatoms. The third-order valence-electron chi connectivity index (χ3n) is 4.75. The molecule has 3 rings (SSSR count). The third-order valence-corrected chi connectivity index (χ3v) is 4.75. The van der Waals surface area contributed by atoms with E-state index in [1.54, 1.807) is 0 Å². The summed E-state index contributed by atoms with van der Waals surface area (Å²) in [5, 5.41) is 9.26. The van der Waals surface area contributed by atoms with Gasteiger partial charge >= 0.3 is 5.97 Å². The van der Waals surface area contributed by atoms with Gasteiger partial charge in [-0.2, -0.15) is 0 Å². The molecule has 0 spiro atoms. The van der Waals surface area contributed by atoms with Gasteiger partial charge in [0.25, 0.3) is 0 Å². The summed E-state index contributed by atoms with van der Waals surface area (Å²) in [5.74, 6) is -0.704. The van der Waals surface area contributed by atoms with E-state index < -0.39 is 5.97 Å². The van der Waals surface area contributed by atoms with E-state index in [1.807, 2.05) is 0 Å². The van der Waals surface area contributed by atoms with Crippen molar-refractivity contribution in [3.63, 3.8) is 0 Å². The molecule has 0 aromatic rings. The lowest BCUT2D eigenvalue weighted by molar-refractivity contribution is -0.142. The average molecular weight is 239 g/mol. The molecule has 0 saturated carbocycles. The van der Waals surface area contributed by atoms with Crippen LogP contribution in [-0.2, 0) is 9.53 Å². The number of ether oxygens (including phenoxy) is 1. The highest BCUT2D eigenvalue weighted by molar-refractivity contribution is 5.71. The molecule has 1 N–H and O–H groups in total. The number of carboxylic acid groups (broad SMARTS) is 1. The van der Waals surface area contributed by atoms with Crippen molar-refractivity contribution in [1.82, 2.24) is 4.90 Å². The van der Waals surface area contributed by atoms with Crippen molar-refractivity contribution in [2.75, 3.05) is 13.2 Å². The van der Waals surface area contributed by atoms with Gasteiger partial charge in [0.15, 0.2) is 0 Å². The van der Waals surface area contributed by atoms with Gasteiger partial charge in [0.2, 0.25) is 0 Å². The SMILES string of the molecule is O=C(O)C1CC2CCC1N2C1CCCOCC1. The van der Waals surface area contributed by atoms with E-state index in [2.05, 4.69) is 4.90 Å². The van der Waals surface area contributed by atoms with Gasteiger partial charge < -0.3 is 9.84 Å². The fraction of sp³-hybridized carbons (Fsp3) is 0.923. The van der Waals surface area contributed by atoms with Crippen LogP contribution in [0.25, 0.3) is 0 Å². The van der Waals surface area contributed by atoms with Crippen molar-refractivity contribution in [2.24, 2.45) is 5.92 Å². The largest absolute Gasteiger partial charge is 0.481 e. The van der Waals surface area contributed by atoms with E-state index in [4.69, 9.17) is 4.74 Å². The summed E-state index contributed by atoms with van der Waals surface area (Å²) in [6.07, 6.45) is 6.54. The van der Waals surface area contributed by atoms with Gasteiger partial charge in [-0.05, 0) is 38.5 Å². The van der Waals surface area contributed by atoms with Crippen LogP contribution < -0.4 is 0 Å². The highest BCUT2D eigenvalue weighted by Crippen LogP contribution is 2.44. The zero-order valence-corrected chi connectivity index (χ0v) is 10.2. The number of nitrogens with zero attached hydrogens (tertiary/aromatic N) is 1. The minimum absolute atomic E-state index is 0.113. The summed E-state index contributed by atoms with van der Waals surface area (Å²) >= 11 is 0. The normalized spacial score (nSPS) is 42.6. The highest BCUT2D eigenvalue weighted by atomic mass is 16.5. The van der Waals surface area contributed by atoms with Crippen LogP contribution in [0.4, 0.5) is 0 Å². The second-order valence-electron chi connectivity index (χ2n) is 5.62. The average Bonchev–Trinajstić information content (AvgIpc) is 2.77. The number of hydrogen-bond acceptors (Lipinski definition) is 3. The van der Waals surface area contributed by atoms with Crippen LogP contribution in [0.1, 0.15) is 38.5 Å². The lowest BCUT2D eigenvalue weighted by atomic mass is 9.89. The van der Waals surface area contributed by atoms with Crippen molar-refractivity contribution >= 4 is 5.97 Å². The number of hydrogen-bond donors (Lipinski definition) is 1. The maximum Gasteiger partial charge on any atom is 0.308 e. The first-order valence-corrected chi connectivity index (χ1v) is 6.85. The molecule has 4 atom stereocenters. The van der Waals surface area contributed by atoms with Crippen LogP contribution in [0.5, 0.6) is 0 Å². The topological polar surface area (TPSA) is 49.8 Å². The first kappa shape index (κ1) is 11.5. The zero-order valence-electron chi connectivity index (χ0n) is 10.2. The fourth-order valence-electron chi connectivity index (χ4n) is 4.05. The molecule has 2 bridgehead atoms. The van der Waals surface area contributed by atoms with E-state index >= 15 is 0 Å². The van der Waals surface area contributed by atoms with Crippen molar-refractivity contribution in [2.45, 2.75) is 56.7 Å². The molecule has 3 aliphatic rings. The molecular formula is C13H21NO3. The molecule has 3 fully saturated rings. The monoisotopic (exact) mass is 239 g/mol. The van der Waals surface area contributed by atoms with Crippen LogP contribution in [0.3, 0.4) is 0 Å². The van der Waals surface area contributed by atoms with E-state index in [9.17, 15) is 9.90 Å². The Morgan fingerprint density at radius 3 is 2.76 bits per heavy atom. The Kier molecular flexibility index (Phi) is 3.09. The van der Waals surface area contributed by atoms with Crippen molar-refractivity contribution < 1.29 is 14.6 Å². The number of fused-ring (bicyclic) bond motifs is 2. The molecule has 4 nitrogen and oxygen atoms in total. The Morgan fingerprint density at radius 2 is 2.00 bits per heavy atom. The second kappa shape index (κ2) is 4.58. The lowest BCUT2D eigenvalue weighted by Gasteiger charge is -2.31. The molecule has 0 aromatic heterocycles. The Balaban J connectivity index is 1.73. The fourth-order valence-corrected chi connectivity index (χ4v) is 4.05. The highest BCUT2D eigenvalue weighted by Gasteiger charge is 2.51. The van der Waals surface area contributed by atoms with Gasteiger partial charge in [-0.15, -0.1) is 0 Å². The molecule has 4 unspecified atom stereocenters. The van der Waals surface area contributed by atoms with Gasteiger partial charge in [0.05, 0.1) is 5.92 Å². The molecule has 0 aliphatic carbocycles. The molecule has 17 heavy (non-hydrogen) atoms. The van der Waals surface area contributed by atoms with E-state index in [1.165, 1.54) is 12.8 Å². The maximum absolute atomic E-state index is 11.2. The first-order chi connectivity index (χ1) is 8.27. The summed E-state index contributed by atoms with van der Waals surface area (Å²) in [4.78, 5) is 13.8. The number of rotatable bonds is 2. The van der Waals surface area contributed by atoms with Crippen molar-refractivity contribution in [3.8, 4) is 0 Å². The van der Waals surface area contributed by atoms with Crippen LogP contribution in [0, 0.1) is 5.92 Å². The minimum atomic E-state index is -0.591. The van der Waals surface area contributed by atoms with E-state index in [0.29, 0.717) is 18.1 Å². The zero-order chi connectivity index (χ0) is 11.8. The van der Waals surface area contributed by atoms with Crippen molar-refractivity contribution in [3.05, 3.63) is 0 Å². The molecule has 0 amide bonds. The predicted octanol–water partition coefficient (Wildman–Crippen LogP) is 1.49. The van der Waals surface area contributed by atoms with Crippen LogP contribution in [0.15, 0.2) is 0 Å². The van der Waals surface area contributed by atoms with E-state index in [0.717, 1.165) is 38.9 Å². The van der Waals surface area contributed by atoms with Gasteiger partial charge in [0, 0.05) is 31.3 Å². The molecule has 3 heterocycles. The Hall–Kier alpha value is -0.610. The Morgan fingerprint density at radius 1 is 1.12 bits per heavy atom. The lowest BCUT2D eigenvalue weighted by Crippen LogP contribution is -2.41. The van der Waals surface area contributed by atoms with Crippen LogP contribution in [0.2, 0.25) is 0 Å². The molecule has 96 valence electrons. The third kappa shape index (κ3) is 1.97. The Labute approximate surface area is 102 Å². The smallest absolute Gasteiger partial charge is 0.308 e. The number of carbonyl (C=O) groups is 1. The van der Waals surface area contributed by atoms with Gasteiger partial charge in [-0.3, -0.25) is 9.69 Å². The van der Waals surface area contributed by atoms with E-state index in [-0.39, 0.29) is 5.92 Å². The Bertz CT molecular complexity index is 299. The minimum Gasteiger partial charge on any atom is -0.481 e. The quantitative estimate of drug-likeness (QED) is 0.793. The second-order valence-corrected chi connectivity index (χ2v) is 5.62. The van der Waals surface area contributed by atoms with Gasteiger partial charge in [-0.1, -0.05) is 0 Å². The first-order valence-electron chi connectivity index (χ1n) is 6.85. The van der Waals surface area contributed by atoms with Crippen LogP contribution in [-0.4, -0.2) is 47.3 Å². The number of carboxylic acids is 1. The summed E-state index contributed by atoms with van der Waals surface area (Å²) in [6.45, 7) is 1.72. The molecule has 0 aromatic carbocycles. The number of aliphatic carboxylic acids is 1. The summed E-state index contributed by atoms with van der Waals surface area (Å²) in [7, 11) is 0. The molecule has 3 aliphatic heterocycles. The summed E-state index contributed by atoms with van der Waals surface area (Å²) < 4.78 is 5.51. The molecule has 0 radical (unpaired) electrons. The summed E-state index contributed by atoms with van der Waals surface area (Å²) in [5.41, 5.74) is 0. The van der Waals surface area contributed by atoms with Crippen LogP contribution >= 0.6 is 0 Å². The van der Waals surface area contributed by atoms with Gasteiger partial charge in [0.1, 0.15) is 0 Å².